The maximum absolute atomic E-state index is 5.97. The Kier molecular flexibility index (Phi) is 4.09. The van der Waals surface area contributed by atoms with E-state index in [0.717, 1.165) is 12.2 Å². The van der Waals surface area contributed by atoms with Crippen LogP contribution >= 0.6 is 0 Å². The number of hydrogen-bond acceptors (Lipinski definition) is 2. The maximum atomic E-state index is 5.97. The molecule has 1 aliphatic carbocycles. The number of guanidine groups is 1. The van der Waals surface area contributed by atoms with Crippen LogP contribution in [0.3, 0.4) is 0 Å². The quantitative estimate of drug-likeness (QED) is 0.656. The minimum Gasteiger partial charge on any atom is -0.488 e. The van der Waals surface area contributed by atoms with Gasteiger partial charge in [0, 0.05) is 12.5 Å². The number of nitrogens with zero attached hydrogens (tertiary/aromatic N) is 1. The van der Waals surface area contributed by atoms with Crippen LogP contribution in [0.2, 0.25) is 0 Å². The van der Waals surface area contributed by atoms with Gasteiger partial charge in [0.1, 0.15) is 11.9 Å². The van der Waals surface area contributed by atoms with Crippen LogP contribution in [-0.2, 0) is 6.42 Å². The van der Waals surface area contributed by atoms with Crippen LogP contribution in [-0.4, -0.2) is 24.7 Å². The molecule has 1 aromatic rings. The number of ether oxygens (including phenoxy) is 1. The smallest absolute Gasteiger partial charge is 0.188 e. The average molecular weight is 273 g/mol. The van der Waals surface area contributed by atoms with Gasteiger partial charge in [0.25, 0.3) is 0 Å². The Morgan fingerprint density at radius 1 is 1.25 bits per heavy atom. The fourth-order valence-electron chi connectivity index (χ4n) is 3.06. The van der Waals surface area contributed by atoms with Crippen LogP contribution < -0.4 is 15.8 Å². The van der Waals surface area contributed by atoms with Crippen molar-refractivity contribution in [1.82, 2.24) is 5.32 Å². The summed E-state index contributed by atoms with van der Waals surface area (Å²) >= 11 is 0. The Morgan fingerprint density at radius 3 is 2.85 bits per heavy atom. The molecule has 0 aromatic heterocycles. The highest BCUT2D eigenvalue weighted by molar-refractivity contribution is 5.78. The molecule has 108 valence electrons. The molecule has 0 spiro atoms. The molecule has 1 fully saturated rings. The molecule has 0 bridgehead atoms. The summed E-state index contributed by atoms with van der Waals surface area (Å²) in [5.41, 5.74) is 7.24. The number of benzene rings is 1. The molecule has 1 aromatic carbocycles. The molecule has 4 nitrogen and oxygen atoms in total. The normalized spacial score (nSPS) is 23.2. The number of para-hydroxylation sites is 1. The van der Waals surface area contributed by atoms with Gasteiger partial charge in [0.05, 0.1) is 6.54 Å². The standard InChI is InChI=1S/C16H23N3O/c17-16(19-13-7-2-1-3-8-13)18-11-14-10-12-6-4-5-9-15(12)20-14/h4-6,9,13-14H,1-3,7-8,10-11H2,(H3,17,18,19). The molecule has 0 radical (unpaired) electrons. The van der Waals surface area contributed by atoms with Crippen molar-refractivity contribution in [2.24, 2.45) is 10.7 Å². The third kappa shape index (κ3) is 3.24. The van der Waals surface area contributed by atoms with E-state index in [4.69, 9.17) is 10.5 Å². The molecule has 20 heavy (non-hydrogen) atoms. The lowest BCUT2D eigenvalue weighted by molar-refractivity contribution is 0.241. The third-order valence-electron chi connectivity index (χ3n) is 4.14. The van der Waals surface area contributed by atoms with Gasteiger partial charge in [0.2, 0.25) is 0 Å². The predicted molar refractivity (Wildman–Crippen MR) is 81.1 cm³/mol. The van der Waals surface area contributed by atoms with Gasteiger partial charge in [0.15, 0.2) is 5.96 Å². The fourth-order valence-corrected chi connectivity index (χ4v) is 3.06. The average Bonchev–Trinajstić information content (AvgIpc) is 2.89. The summed E-state index contributed by atoms with van der Waals surface area (Å²) in [4.78, 5) is 4.44. The Bertz CT molecular complexity index is 455. The SMILES string of the molecule is NC(=NCC1Cc2ccccc2O1)NC1CCCCC1. The number of aliphatic imine (C=N–C) groups is 1. The second kappa shape index (κ2) is 6.16. The Hall–Kier alpha value is -1.71. The number of hydrogen-bond donors (Lipinski definition) is 2. The van der Waals surface area contributed by atoms with Gasteiger partial charge in [-0.05, 0) is 24.5 Å². The lowest BCUT2D eigenvalue weighted by Gasteiger charge is -2.23. The van der Waals surface area contributed by atoms with E-state index in [1.54, 1.807) is 0 Å². The zero-order valence-corrected chi connectivity index (χ0v) is 11.8. The zero-order valence-electron chi connectivity index (χ0n) is 11.8. The van der Waals surface area contributed by atoms with Crippen LogP contribution in [0.4, 0.5) is 0 Å². The fraction of sp³-hybridized carbons (Fsp3) is 0.562. The molecule has 1 heterocycles. The monoisotopic (exact) mass is 273 g/mol. The molecule has 3 N–H and O–H groups in total. The molecule has 1 saturated carbocycles. The second-order valence-corrected chi connectivity index (χ2v) is 5.76. The highest BCUT2D eigenvalue weighted by atomic mass is 16.5. The van der Waals surface area contributed by atoms with Gasteiger partial charge >= 0.3 is 0 Å². The molecule has 1 aliphatic heterocycles. The molecular formula is C16H23N3O. The molecule has 0 saturated heterocycles. The summed E-state index contributed by atoms with van der Waals surface area (Å²) in [5.74, 6) is 1.56. The van der Waals surface area contributed by atoms with E-state index in [0.29, 0.717) is 18.5 Å². The predicted octanol–water partition coefficient (Wildman–Crippen LogP) is 2.23. The third-order valence-corrected chi connectivity index (χ3v) is 4.14. The Labute approximate surface area is 120 Å². The molecular weight excluding hydrogens is 250 g/mol. The number of rotatable bonds is 3. The van der Waals surface area contributed by atoms with Gasteiger partial charge < -0.3 is 15.8 Å². The first kappa shape index (κ1) is 13.3. The van der Waals surface area contributed by atoms with Crippen molar-refractivity contribution in [3.05, 3.63) is 29.8 Å². The van der Waals surface area contributed by atoms with E-state index in [1.165, 1.54) is 37.7 Å². The van der Waals surface area contributed by atoms with Crippen molar-refractivity contribution in [2.45, 2.75) is 50.7 Å². The van der Waals surface area contributed by atoms with Crippen molar-refractivity contribution >= 4 is 5.96 Å². The first-order valence-electron chi connectivity index (χ1n) is 7.62. The summed E-state index contributed by atoms with van der Waals surface area (Å²) in [6.07, 6.45) is 7.42. The minimum absolute atomic E-state index is 0.124. The van der Waals surface area contributed by atoms with Crippen molar-refractivity contribution < 1.29 is 4.74 Å². The van der Waals surface area contributed by atoms with Crippen molar-refractivity contribution in [1.29, 1.82) is 0 Å². The van der Waals surface area contributed by atoms with Gasteiger partial charge in [-0.15, -0.1) is 0 Å². The minimum atomic E-state index is 0.124. The summed E-state index contributed by atoms with van der Waals surface area (Å²) in [6.45, 7) is 0.625. The van der Waals surface area contributed by atoms with Crippen LogP contribution in [0.25, 0.3) is 0 Å². The van der Waals surface area contributed by atoms with Crippen LogP contribution in [0, 0.1) is 0 Å². The number of nitrogens with two attached hydrogens (primary N) is 1. The summed E-state index contributed by atoms with van der Waals surface area (Å²) in [7, 11) is 0. The molecule has 4 heteroatoms. The summed E-state index contributed by atoms with van der Waals surface area (Å²) < 4.78 is 5.86. The Balaban J connectivity index is 1.48. The van der Waals surface area contributed by atoms with Crippen molar-refractivity contribution in [3.8, 4) is 5.75 Å². The van der Waals surface area contributed by atoms with Crippen LogP contribution in [0.5, 0.6) is 5.75 Å². The van der Waals surface area contributed by atoms with E-state index in [2.05, 4.69) is 16.4 Å². The first-order chi connectivity index (χ1) is 9.81. The Morgan fingerprint density at radius 2 is 2.05 bits per heavy atom. The molecule has 2 aliphatic rings. The zero-order chi connectivity index (χ0) is 13.8. The second-order valence-electron chi connectivity index (χ2n) is 5.76. The molecule has 0 amide bonds. The summed E-state index contributed by atoms with van der Waals surface area (Å²) in [6, 6.07) is 8.69. The van der Waals surface area contributed by atoms with Gasteiger partial charge in [-0.3, -0.25) is 0 Å². The van der Waals surface area contributed by atoms with E-state index < -0.39 is 0 Å². The number of fused-ring (bicyclic) bond motifs is 1. The largest absolute Gasteiger partial charge is 0.488 e. The van der Waals surface area contributed by atoms with Crippen LogP contribution in [0.15, 0.2) is 29.3 Å². The van der Waals surface area contributed by atoms with Crippen LogP contribution in [0.1, 0.15) is 37.7 Å². The van der Waals surface area contributed by atoms with E-state index in [1.807, 2.05) is 18.2 Å². The number of nitrogens with one attached hydrogen (secondary N) is 1. The van der Waals surface area contributed by atoms with Gasteiger partial charge in [-0.25, -0.2) is 4.99 Å². The highest BCUT2D eigenvalue weighted by Gasteiger charge is 2.22. The van der Waals surface area contributed by atoms with Crippen molar-refractivity contribution in [3.63, 3.8) is 0 Å². The molecule has 1 atom stereocenters. The van der Waals surface area contributed by atoms with Crippen molar-refractivity contribution in [2.75, 3.05) is 6.54 Å². The highest BCUT2D eigenvalue weighted by Crippen LogP contribution is 2.28. The molecule has 3 rings (SSSR count). The lowest BCUT2D eigenvalue weighted by Crippen LogP contribution is -2.41. The lowest BCUT2D eigenvalue weighted by atomic mass is 9.96. The first-order valence-corrected chi connectivity index (χ1v) is 7.62. The topological polar surface area (TPSA) is 59.6 Å². The molecule has 1 unspecified atom stereocenters. The van der Waals surface area contributed by atoms with E-state index >= 15 is 0 Å². The summed E-state index contributed by atoms with van der Waals surface area (Å²) in [5, 5.41) is 3.34. The maximum Gasteiger partial charge on any atom is 0.188 e. The van der Waals surface area contributed by atoms with E-state index in [9.17, 15) is 0 Å². The van der Waals surface area contributed by atoms with Gasteiger partial charge in [-0.2, -0.15) is 0 Å². The van der Waals surface area contributed by atoms with Gasteiger partial charge in [-0.1, -0.05) is 37.5 Å². The van der Waals surface area contributed by atoms with E-state index in [-0.39, 0.29) is 6.10 Å².